The van der Waals surface area contributed by atoms with E-state index in [0.717, 1.165) is 11.3 Å². The molecular formula is C13H19NO3. The number of aliphatic hydroxyl groups is 1. The third-order valence-electron chi connectivity index (χ3n) is 2.44. The fourth-order valence-electron chi connectivity index (χ4n) is 1.37. The van der Waals surface area contributed by atoms with Crippen LogP contribution in [0, 0.1) is 0 Å². The number of ether oxygens (including phenoxy) is 1. The fourth-order valence-corrected chi connectivity index (χ4v) is 1.37. The molecule has 0 aromatic heterocycles. The van der Waals surface area contributed by atoms with E-state index in [2.05, 4.69) is 5.32 Å². The second-order valence-electron chi connectivity index (χ2n) is 4.01. The molecule has 94 valence electrons. The molecule has 2 N–H and O–H groups in total. The van der Waals surface area contributed by atoms with Gasteiger partial charge in [0, 0.05) is 13.0 Å². The Hall–Kier alpha value is -1.55. The van der Waals surface area contributed by atoms with Crippen LogP contribution in [0.15, 0.2) is 24.3 Å². The lowest BCUT2D eigenvalue weighted by atomic mass is 10.2. The van der Waals surface area contributed by atoms with E-state index >= 15 is 0 Å². The van der Waals surface area contributed by atoms with Gasteiger partial charge in [-0.15, -0.1) is 0 Å². The van der Waals surface area contributed by atoms with Crippen LogP contribution >= 0.6 is 0 Å². The van der Waals surface area contributed by atoms with Crippen LogP contribution in [0.2, 0.25) is 0 Å². The standard InChI is InChI=1S/C13H19NO3/c1-10(15)3-8-13(16)14-9-11-4-6-12(17-2)7-5-11/h4-7,10,15H,3,8-9H2,1-2H3,(H,14,16). The number of benzene rings is 1. The molecule has 0 aliphatic heterocycles. The van der Waals surface area contributed by atoms with Gasteiger partial charge in [-0.3, -0.25) is 4.79 Å². The number of aliphatic hydroxyl groups excluding tert-OH is 1. The number of hydrogen-bond donors (Lipinski definition) is 2. The minimum atomic E-state index is -0.429. The van der Waals surface area contributed by atoms with Crippen molar-refractivity contribution in [3.63, 3.8) is 0 Å². The van der Waals surface area contributed by atoms with Gasteiger partial charge in [0.1, 0.15) is 5.75 Å². The maximum atomic E-state index is 11.4. The number of rotatable bonds is 6. The summed E-state index contributed by atoms with van der Waals surface area (Å²) in [6.45, 7) is 2.18. The molecule has 17 heavy (non-hydrogen) atoms. The van der Waals surface area contributed by atoms with Crippen molar-refractivity contribution >= 4 is 5.91 Å². The molecule has 1 unspecified atom stereocenters. The Morgan fingerprint density at radius 3 is 2.59 bits per heavy atom. The molecule has 1 rings (SSSR count). The summed E-state index contributed by atoms with van der Waals surface area (Å²) in [4.78, 5) is 11.4. The van der Waals surface area contributed by atoms with Crippen molar-refractivity contribution in [3.8, 4) is 5.75 Å². The van der Waals surface area contributed by atoms with Crippen LogP contribution in [0.4, 0.5) is 0 Å². The number of hydrogen-bond acceptors (Lipinski definition) is 3. The van der Waals surface area contributed by atoms with E-state index in [1.165, 1.54) is 0 Å². The lowest BCUT2D eigenvalue weighted by Gasteiger charge is -2.07. The second kappa shape index (κ2) is 6.91. The molecule has 0 heterocycles. The van der Waals surface area contributed by atoms with E-state index in [9.17, 15) is 4.79 Å². The molecule has 0 spiro atoms. The molecule has 0 aliphatic rings. The highest BCUT2D eigenvalue weighted by atomic mass is 16.5. The van der Waals surface area contributed by atoms with Gasteiger partial charge in [0.05, 0.1) is 13.2 Å². The van der Waals surface area contributed by atoms with Gasteiger partial charge < -0.3 is 15.2 Å². The molecule has 0 saturated heterocycles. The predicted octanol–water partition coefficient (Wildman–Crippen LogP) is 1.47. The van der Waals surface area contributed by atoms with Crippen molar-refractivity contribution in [3.05, 3.63) is 29.8 Å². The molecule has 0 radical (unpaired) electrons. The van der Waals surface area contributed by atoms with E-state index in [1.807, 2.05) is 24.3 Å². The van der Waals surface area contributed by atoms with Crippen LogP contribution < -0.4 is 10.1 Å². The predicted molar refractivity (Wildman–Crippen MR) is 65.8 cm³/mol. The van der Waals surface area contributed by atoms with Gasteiger partial charge in [0.15, 0.2) is 0 Å². The zero-order chi connectivity index (χ0) is 12.7. The van der Waals surface area contributed by atoms with Crippen LogP contribution in [0.1, 0.15) is 25.3 Å². The topological polar surface area (TPSA) is 58.6 Å². The molecule has 0 bridgehead atoms. The Kier molecular flexibility index (Phi) is 5.49. The third kappa shape index (κ3) is 5.36. The van der Waals surface area contributed by atoms with Gasteiger partial charge in [0.25, 0.3) is 0 Å². The summed E-state index contributed by atoms with van der Waals surface area (Å²) in [5.41, 5.74) is 1.02. The summed E-state index contributed by atoms with van der Waals surface area (Å²) >= 11 is 0. The molecule has 4 heteroatoms. The molecular weight excluding hydrogens is 218 g/mol. The average Bonchev–Trinajstić information content (AvgIpc) is 2.34. The Balaban J connectivity index is 2.31. The van der Waals surface area contributed by atoms with Crippen molar-refractivity contribution < 1.29 is 14.6 Å². The van der Waals surface area contributed by atoms with E-state index in [4.69, 9.17) is 9.84 Å². The summed E-state index contributed by atoms with van der Waals surface area (Å²) in [7, 11) is 1.62. The van der Waals surface area contributed by atoms with Gasteiger partial charge >= 0.3 is 0 Å². The first kappa shape index (κ1) is 13.5. The summed E-state index contributed by atoms with van der Waals surface area (Å²) < 4.78 is 5.04. The van der Waals surface area contributed by atoms with Crippen molar-refractivity contribution in [2.45, 2.75) is 32.4 Å². The summed E-state index contributed by atoms with van der Waals surface area (Å²) in [5, 5.41) is 11.9. The third-order valence-corrected chi connectivity index (χ3v) is 2.44. The second-order valence-corrected chi connectivity index (χ2v) is 4.01. The number of nitrogens with one attached hydrogen (secondary N) is 1. The molecule has 1 atom stereocenters. The minimum Gasteiger partial charge on any atom is -0.497 e. The van der Waals surface area contributed by atoms with E-state index in [1.54, 1.807) is 14.0 Å². The summed E-state index contributed by atoms with van der Waals surface area (Å²) in [6, 6.07) is 7.54. The van der Waals surface area contributed by atoms with Gasteiger partial charge in [0.2, 0.25) is 5.91 Å². The normalized spacial score (nSPS) is 11.9. The SMILES string of the molecule is COc1ccc(CNC(=O)CCC(C)O)cc1. The fraction of sp³-hybridized carbons (Fsp3) is 0.462. The first-order valence-corrected chi connectivity index (χ1v) is 5.69. The average molecular weight is 237 g/mol. The Bertz CT molecular complexity index is 346. The molecule has 1 aromatic rings. The van der Waals surface area contributed by atoms with Crippen molar-refractivity contribution in [2.75, 3.05) is 7.11 Å². The molecule has 0 saturated carbocycles. The van der Waals surface area contributed by atoms with Crippen molar-refractivity contribution in [1.82, 2.24) is 5.32 Å². The first-order valence-electron chi connectivity index (χ1n) is 5.69. The summed E-state index contributed by atoms with van der Waals surface area (Å²) in [5.74, 6) is 0.760. The van der Waals surface area contributed by atoms with Crippen LogP contribution in [0.3, 0.4) is 0 Å². The highest BCUT2D eigenvalue weighted by Gasteiger charge is 2.03. The molecule has 0 aliphatic carbocycles. The van der Waals surface area contributed by atoms with Crippen LogP contribution in [0.25, 0.3) is 0 Å². The Morgan fingerprint density at radius 1 is 1.41 bits per heavy atom. The number of methoxy groups -OCH3 is 1. The first-order chi connectivity index (χ1) is 8.11. The van der Waals surface area contributed by atoms with Crippen molar-refractivity contribution in [1.29, 1.82) is 0 Å². The number of carbonyl (C=O) groups excluding carboxylic acids is 1. The van der Waals surface area contributed by atoms with E-state index in [-0.39, 0.29) is 5.91 Å². The van der Waals surface area contributed by atoms with Gasteiger partial charge in [-0.05, 0) is 31.0 Å². The lowest BCUT2D eigenvalue weighted by Crippen LogP contribution is -2.23. The largest absolute Gasteiger partial charge is 0.497 e. The summed E-state index contributed by atoms with van der Waals surface area (Å²) in [6.07, 6.45) is 0.421. The van der Waals surface area contributed by atoms with Gasteiger partial charge in [-0.25, -0.2) is 0 Å². The maximum Gasteiger partial charge on any atom is 0.220 e. The zero-order valence-corrected chi connectivity index (χ0v) is 10.3. The molecule has 1 amide bonds. The zero-order valence-electron chi connectivity index (χ0n) is 10.3. The highest BCUT2D eigenvalue weighted by molar-refractivity contribution is 5.75. The molecule has 4 nitrogen and oxygen atoms in total. The lowest BCUT2D eigenvalue weighted by molar-refractivity contribution is -0.121. The molecule has 1 aromatic carbocycles. The van der Waals surface area contributed by atoms with Crippen LogP contribution in [-0.2, 0) is 11.3 Å². The Morgan fingerprint density at radius 2 is 2.06 bits per heavy atom. The maximum absolute atomic E-state index is 11.4. The quantitative estimate of drug-likeness (QED) is 0.787. The number of carbonyl (C=O) groups is 1. The monoisotopic (exact) mass is 237 g/mol. The number of amides is 1. The van der Waals surface area contributed by atoms with E-state index < -0.39 is 6.10 Å². The van der Waals surface area contributed by atoms with Crippen LogP contribution in [0.5, 0.6) is 5.75 Å². The van der Waals surface area contributed by atoms with Crippen LogP contribution in [-0.4, -0.2) is 24.2 Å². The van der Waals surface area contributed by atoms with Gasteiger partial charge in [-0.2, -0.15) is 0 Å². The molecule has 0 fully saturated rings. The van der Waals surface area contributed by atoms with E-state index in [0.29, 0.717) is 19.4 Å². The van der Waals surface area contributed by atoms with Gasteiger partial charge in [-0.1, -0.05) is 12.1 Å². The highest BCUT2D eigenvalue weighted by Crippen LogP contribution is 2.10. The van der Waals surface area contributed by atoms with Crippen molar-refractivity contribution in [2.24, 2.45) is 0 Å². The Labute approximate surface area is 102 Å². The minimum absolute atomic E-state index is 0.0401. The smallest absolute Gasteiger partial charge is 0.220 e.